The van der Waals surface area contributed by atoms with E-state index in [2.05, 4.69) is 20.4 Å². The average molecular weight is 351 g/mol. The van der Waals surface area contributed by atoms with Gasteiger partial charge in [0.1, 0.15) is 0 Å². The van der Waals surface area contributed by atoms with Crippen molar-refractivity contribution in [1.29, 1.82) is 0 Å². The van der Waals surface area contributed by atoms with Gasteiger partial charge in [0.25, 0.3) is 0 Å². The van der Waals surface area contributed by atoms with E-state index in [4.69, 9.17) is 10.3 Å². The first kappa shape index (κ1) is 14.2. The van der Waals surface area contributed by atoms with Crippen LogP contribution in [0.2, 0.25) is 0 Å². The molecule has 0 atom stereocenters. The van der Waals surface area contributed by atoms with Gasteiger partial charge in [-0.3, -0.25) is 4.99 Å². The van der Waals surface area contributed by atoms with Gasteiger partial charge >= 0.3 is 0 Å². The van der Waals surface area contributed by atoms with E-state index in [1.54, 1.807) is 0 Å². The monoisotopic (exact) mass is 351 g/mol. The molecule has 96 valence electrons. The number of hydrogen-bond donors (Lipinski definition) is 2. The molecule has 1 aliphatic rings. The molecule has 1 heterocycles. The Kier molecular flexibility index (Phi) is 5.66. The van der Waals surface area contributed by atoms with E-state index in [9.17, 15) is 0 Å². The van der Waals surface area contributed by atoms with Crippen LogP contribution in [0.1, 0.15) is 31.5 Å². The molecule has 0 unspecified atom stereocenters. The normalized spacial score (nSPS) is 15.5. The number of rotatable bonds is 5. The molecule has 1 saturated carbocycles. The van der Waals surface area contributed by atoms with Crippen LogP contribution in [0.5, 0.6) is 0 Å². The molecular weight excluding hydrogens is 333 g/mol. The van der Waals surface area contributed by atoms with E-state index < -0.39 is 0 Å². The van der Waals surface area contributed by atoms with Crippen molar-refractivity contribution < 1.29 is 4.52 Å². The van der Waals surface area contributed by atoms with E-state index >= 15 is 0 Å². The highest BCUT2D eigenvalue weighted by molar-refractivity contribution is 14.0. The van der Waals surface area contributed by atoms with E-state index in [1.165, 1.54) is 12.8 Å². The number of nitrogens with two attached hydrogens (primary N) is 1. The highest BCUT2D eigenvalue weighted by atomic mass is 127. The van der Waals surface area contributed by atoms with Crippen LogP contribution in [0.15, 0.2) is 9.52 Å². The van der Waals surface area contributed by atoms with Crippen LogP contribution in [0, 0.1) is 0 Å². The second kappa shape index (κ2) is 6.77. The molecule has 0 amide bonds. The minimum atomic E-state index is 0. The number of hydrogen-bond acceptors (Lipinski definition) is 4. The maximum Gasteiger partial charge on any atom is 0.226 e. The standard InChI is InChI=1S/C10H17N5O.HI/c1-2-9-14-8(15-16-9)5-6-12-10(11)13-7-3-4-7;/h7H,2-6H2,1H3,(H3,11,12,13);1H. The Balaban J connectivity index is 0.00000144. The zero-order valence-corrected chi connectivity index (χ0v) is 12.2. The minimum absolute atomic E-state index is 0. The summed E-state index contributed by atoms with van der Waals surface area (Å²) in [5.74, 6) is 1.88. The highest BCUT2D eigenvalue weighted by Crippen LogP contribution is 2.17. The largest absolute Gasteiger partial charge is 0.370 e. The topological polar surface area (TPSA) is 89.3 Å². The predicted molar refractivity (Wildman–Crippen MR) is 75.4 cm³/mol. The number of aromatic nitrogens is 2. The second-order valence-electron chi connectivity index (χ2n) is 3.89. The number of halogens is 1. The Morgan fingerprint density at radius 2 is 2.35 bits per heavy atom. The third kappa shape index (κ3) is 4.88. The molecule has 0 bridgehead atoms. The summed E-state index contributed by atoms with van der Waals surface area (Å²) < 4.78 is 4.99. The first-order chi connectivity index (χ1) is 7.78. The lowest BCUT2D eigenvalue weighted by molar-refractivity contribution is 0.376. The minimum Gasteiger partial charge on any atom is -0.370 e. The maximum absolute atomic E-state index is 5.68. The van der Waals surface area contributed by atoms with Crippen molar-refractivity contribution in [2.45, 2.75) is 38.6 Å². The quantitative estimate of drug-likeness (QED) is 0.467. The van der Waals surface area contributed by atoms with Crippen molar-refractivity contribution in [1.82, 2.24) is 15.5 Å². The zero-order valence-electron chi connectivity index (χ0n) is 9.85. The molecule has 3 N–H and O–H groups in total. The molecule has 7 heteroatoms. The van der Waals surface area contributed by atoms with Crippen molar-refractivity contribution in [3.05, 3.63) is 11.7 Å². The predicted octanol–water partition coefficient (Wildman–Crippen LogP) is 0.859. The number of aryl methyl sites for hydroxylation is 1. The lowest BCUT2D eigenvalue weighted by Gasteiger charge is -2.01. The first-order valence-corrected chi connectivity index (χ1v) is 5.66. The highest BCUT2D eigenvalue weighted by Gasteiger charge is 2.21. The van der Waals surface area contributed by atoms with E-state index in [-0.39, 0.29) is 24.0 Å². The number of guanidine groups is 1. The molecule has 0 radical (unpaired) electrons. The fraction of sp³-hybridized carbons (Fsp3) is 0.700. The van der Waals surface area contributed by atoms with Crippen LogP contribution in [0.3, 0.4) is 0 Å². The van der Waals surface area contributed by atoms with Crippen LogP contribution in [0.25, 0.3) is 0 Å². The van der Waals surface area contributed by atoms with Gasteiger partial charge in [-0.2, -0.15) is 4.98 Å². The summed E-state index contributed by atoms with van der Waals surface area (Å²) in [6, 6.07) is 0.542. The van der Waals surface area contributed by atoms with Gasteiger partial charge in [0, 0.05) is 25.4 Å². The van der Waals surface area contributed by atoms with Gasteiger partial charge in [0.2, 0.25) is 5.89 Å². The summed E-state index contributed by atoms with van der Waals surface area (Å²) in [5.41, 5.74) is 5.68. The fourth-order valence-corrected chi connectivity index (χ4v) is 1.29. The van der Waals surface area contributed by atoms with Crippen LogP contribution >= 0.6 is 24.0 Å². The van der Waals surface area contributed by atoms with Crippen LogP contribution in [0.4, 0.5) is 0 Å². The molecule has 0 aromatic carbocycles. The Labute approximate surface area is 117 Å². The summed E-state index contributed by atoms with van der Waals surface area (Å²) in [5, 5.41) is 6.96. The van der Waals surface area contributed by atoms with E-state index in [0.29, 0.717) is 36.7 Å². The maximum atomic E-state index is 5.68. The summed E-state index contributed by atoms with van der Waals surface area (Å²) in [6.07, 6.45) is 3.82. The third-order valence-electron chi connectivity index (χ3n) is 2.36. The van der Waals surface area contributed by atoms with Crippen LogP contribution in [-0.4, -0.2) is 28.7 Å². The number of nitrogens with zero attached hydrogens (tertiary/aromatic N) is 3. The van der Waals surface area contributed by atoms with Crippen molar-refractivity contribution >= 4 is 29.9 Å². The molecule has 2 rings (SSSR count). The molecule has 0 spiro atoms. The fourth-order valence-electron chi connectivity index (χ4n) is 1.29. The van der Waals surface area contributed by atoms with E-state index in [1.807, 2.05) is 6.92 Å². The molecule has 1 aliphatic carbocycles. The second-order valence-corrected chi connectivity index (χ2v) is 3.89. The molecule has 1 fully saturated rings. The summed E-state index contributed by atoms with van der Waals surface area (Å²) in [7, 11) is 0. The molecule has 17 heavy (non-hydrogen) atoms. The zero-order chi connectivity index (χ0) is 11.4. The van der Waals surface area contributed by atoms with E-state index in [0.717, 1.165) is 6.42 Å². The summed E-state index contributed by atoms with van der Waals surface area (Å²) in [6.45, 7) is 2.57. The van der Waals surface area contributed by atoms with Crippen molar-refractivity contribution in [3.8, 4) is 0 Å². The molecule has 0 saturated heterocycles. The summed E-state index contributed by atoms with van der Waals surface area (Å²) in [4.78, 5) is 8.39. The van der Waals surface area contributed by atoms with Gasteiger partial charge in [-0.15, -0.1) is 24.0 Å². The van der Waals surface area contributed by atoms with Gasteiger partial charge in [0.05, 0.1) is 0 Å². The van der Waals surface area contributed by atoms with Crippen LogP contribution < -0.4 is 11.1 Å². The van der Waals surface area contributed by atoms with Gasteiger partial charge < -0.3 is 15.6 Å². The lowest BCUT2D eigenvalue weighted by Crippen LogP contribution is -2.33. The molecule has 6 nitrogen and oxygen atoms in total. The lowest BCUT2D eigenvalue weighted by atomic mass is 10.4. The Morgan fingerprint density at radius 1 is 1.59 bits per heavy atom. The van der Waals surface area contributed by atoms with Crippen molar-refractivity contribution in [3.63, 3.8) is 0 Å². The average Bonchev–Trinajstić information content (AvgIpc) is 2.96. The van der Waals surface area contributed by atoms with Gasteiger partial charge in [-0.25, -0.2) is 0 Å². The summed E-state index contributed by atoms with van der Waals surface area (Å²) >= 11 is 0. The van der Waals surface area contributed by atoms with Crippen molar-refractivity contribution in [2.75, 3.05) is 6.54 Å². The van der Waals surface area contributed by atoms with Gasteiger partial charge in [-0.1, -0.05) is 12.1 Å². The van der Waals surface area contributed by atoms with Crippen molar-refractivity contribution in [2.24, 2.45) is 10.7 Å². The number of aliphatic imine (C=N–C) groups is 1. The molecule has 1 aromatic rings. The van der Waals surface area contributed by atoms with Crippen LogP contribution in [-0.2, 0) is 12.8 Å². The van der Waals surface area contributed by atoms with Gasteiger partial charge in [0.15, 0.2) is 11.8 Å². The third-order valence-corrected chi connectivity index (χ3v) is 2.36. The smallest absolute Gasteiger partial charge is 0.226 e. The molecule has 1 aromatic heterocycles. The number of nitrogens with one attached hydrogen (secondary N) is 1. The Bertz CT molecular complexity index is 375. The van der Waals surface area contributed by atoms with Gasteiger partial charge in [-0.05, 0) is 12.8 Å². The Hall–Kier alpha value is -0.860. The molecule has 0 aliphatic heterocycles. The Morgan fingerprint density at radius 3 is 2.94 bits per heavy atom. The molecular formula is C10H18IN5O. The first-order valence-electron chi connectivity index (χ1n) is 5.66. The SMILES string of the molecule is CCc1nc(CCN=C(N)NC2CC2)no1.I.